The van der Waals surface area contributed by atoms with Crippen LogP contribution in [0, 0.1) is 16.0 Å². The van der Waals surface area contributed by atoms with E-state index in [1.807, 2.05) is 4.90 Å². The van der Waals surface area contributed by atoms with E-state index in [1.54, 1.807) is 12.1 Å². The van der Waals surface area contributed by atoms with Gasteiger partial charge >= 0.3 is 0 Å². The summed E-state index contributed by atoms with van der Waals surface area (Å²) >= 11 is 0. The molecule has 1 fully saturated rings. The lowest BCUT2D eigenvalue weighted by molar-refractivity contribution is -0.384. The van der Waals surface area contributed by atoms with E-state index in [0.29, 0.717) is 17.2 Å². The number of hydrazone groups is 1. The fourth-order valence-corrected chi connectivity index (χ4v) is 2.86. The summed E-state index contributed by atoms with van der Waals surface area (Å²) in [5.41, 5.74) is 8.51. The molecule has 142 valence electrons. The zero-order valence-electron chi connectivity index (χ0n) is 14.7. The van der Waals surface area contributed by atoms with Gasteiger partial charge < -0.3 is 10.6 Å². The van der Waals surface area contributed by atoms with Crippen molar-refractivity contribution in [1.82, 2.24) is 15.7 Å². The molecule has 1 aromatic carbocycles. The highest BCUT2D eigenvalue weighted by Gasteiger charge is 2.23. The number of hydrogen-bond donors (Lipinski definition) is 2. The molecule has 0 atom stereocenters. The number of anilines is 2. The summed E-state index contributed by atoms with van der Waals surface area (Å²) in [5.74, 6) is -0.221. The molecule has 1 aliphatic rings. The minimum absolute atomic E-state index is 0.00442. The van der Waals surface area contributed by atoms with Gasteiger partial charge in [0.15, 0.2) is 0 Å². The summed E-state index contributed by atoms with van der Waals surface area (Å²) in [4.78, 5) is 24.9. The van der Waals surface area contributed by atoms with E-state index in [2.05, 4.69) is 32.4 Å². The van der Waals surface area contributed by atoms with Crippen LogP contribution in [0.2, 0.25) is 0 Å². The predicted molar refractivity (Wildman–Crippen MR) is 97.5 cm³/mol. The Morgan fingerprint density at radius 3 is 2.81 bits per heavy atom. The van der Waals surface area contributed by atoms with Crippen LogP contribution in [0.15, 0.2) is 27.9 Å². The Morgan fingerprint density at radius 2 is 2.19 bits per heavy atom. The van der Waals surface area contributed by atoms with Crippen LogP contribution in [-0.2, 0) is 0 Å². The number of nitrogens with one attached hydrogen (secondary N) is 1. The number of nitrogen functional groups attached to an aromatic ring is 1. The lowest BCUT2D eigenvalue weighted by Gasteiger charge is -2.31. The number of piperidine rings is 1. The molecule has 2 heterocycles. The second-order valence-electron chi connectivity index (χ2n) is 6.37. The van der Waals surface area contributed by atoms with Crippen molar-refractivity contribution >= 4 is 29.3 Å². The minimum atomic E-state index is -0.696. The molecule has 0 bridgehead atoms. The SMILES string of the molecule is CC1CCN(c2ccc(C=NNC(=O)c3nonc3N)cc2[N+](=O)[O-])CC1. The number of nitrogens with two attached hydrogens (primary N) is 1. The van der Waals surface area contributed by atoms with E-state index in [4.69, 9.17) is 5.73 Å². The fraction of sp³-hybridized carbons (Fsp3) is 0.375. The van der Waals surface area contributed by atoms with Crippen LogP contribution in [0.25, 0.3) is 0 Å². The first kappa shape index (κ1) is 18.3. The van der Waals surface area contributed by atoms with E-state index in [0.717, 1.165) is 25.9 Å². The summed E-state index contributed by atoms with van der Waals surface area (Å²) in [6.45, 7) is 3.76. The van der Waals surface area contributed by atoms with Gasteiger partial charge in [-0.3, -0.25) is 14.9 Å². The smallest absolute Gasteiger partial charge is 0.297 e. The fourth-order valence-electron chi connectivity index (χ4n) is 2.86. The zero-order chi connectivity index (χ0) is 19.4. The van der Waals surface area contributed by atoms with E-state index >= 15 is 0 Å². The maximum Gasteiger partial charge on any atom is 0.297 e. The van der Waals surface area contributed by atoms with E-state index in [1.165, 1.54) is 12.3 Å². The summed E-state index contributed by atoms with van der Waals surface area (Å²) in [6, 6.07) is 4.84. The maximum atomic E-state index is 11.8. The second kappa shape index (κ2) is 7.81. The molecule has 2 aromatic rings. The highest BCUT2D eigenvalue weighted by Crippen LogP contribution is 2.32. The Labute approximate surface area is 154 Å². The third kappa shape index (κ3) is 4.19. The van der Waals surface area contributed by atoms with Gasteiger partial charge in [0.05, 0.1) is 11.1 Å². The van der Waals surface area contributed by atoms with Crippen LogP contribution in [0.3, 0.4) is 0 Å². The number of nitro groups is 1. The van der Waals surface area contributed by atoms with Gasteiger partial charge in [-0.15, -0.1) is 0 Å². The van der Waals surface area contributed by atoms with Crippen molar-refractivity contribution in [3.05, 3.63) is 39.6 Å². The quantitative estimate of drug-likeness (QED) is 0.455. The Morgan fingerprint density at radius 1 is 1.44 bits per heavy atom. The minimum Gasteiger partial charge on any atom is -0.379 e. The van der Waals surface area contributed by atoms with Gasteiger partial charge in [0.25, 0.3) is 11.6 Å². The number of benzene rings is 1. The van der Waals surface area contributed by atoms with Crippen molar-refractivity contribution in [1.29, 1.82) is 0 Å². The number of hydrogen-bond acceptors (Lipinski definition) is 9. The molecule has 3 N–H and O–H groups in total. The number of nitrogens with zero attached hydrogens (tertiary/aromatic N) is 5. The molecule has 1 aliphatic heterocycles. The normalized spacial score (nSPS) is 15.2. The van der Waals surface area contributed by atoms with Gasteiger partial charge in [-0.2, -0.15) is 5.10 Å². The molecule has 11 heteroatoms. The molecule has 27 heavy (non-hydrogen) atoms. The van der Waals surface area contributed by atoms with Crippen LogP contribution >= 0.6 is 0 Å². The molecular weight excluding hydrogens is 354 g/mol. The number of nitro benzene ring substituents is 1. The van der Waals surface area contributed by atoms with Gasteiger partial charge in [-0.05, 0) is 35.1 Å². The van der Waals surface area contributed by atoms with Crippen molar-refractivity contribution in [2.24, 2.45) is 11.0 Å². The van der Waals surface area contributed by atoms with Gasteiger partial charge in [-0.25, -0.2) is 10.1 Å². The van der Waals surface area contributed by atoms with Crippen LogP contribution in [0.4, 0.5) is 17.2 Å². The first-order chi connectivity index (χ1) is 13.0. The topological polar surface area (TPSA) is 153 Å². The van der Waals surface area contributed by atoms with Crippen molar-refractivity contribution in [2.75, 3.05) is 23.7 Å². The van der Waals surface area contributed by atoms with Gasteiger partial charge in [0.1, 0.15) is 5.69 Å². The van der Waals surface area contributed by atoms with Crippen LogP contribution in [0.5, 0.6) is 0 Å². The molecule has 0 unspecified atom stereocenters. The molecule has 3 rings (SSSR count). The monoisotopic (exact) mass is 373 g/mol. The average Bonchev–Trinajstić information content (AvgIpc) is 3.08. The van der Waals surface area contributed by atoms with Gasteiger partial charge in [-0.1, -0.05) is 13.0 Å². The molecule has 0 radical (unpaired) electrons. The van der Waals surface area contributed by atoms with Crippen LogP contribution in [0.1, 0.15) is 35.8 Å². The summed E-state index contributed by atoms with van der Waals surface area (Å²) in [7, 11) is 0. The van der Waals surface area contributed by atoms with Crippen molar-refractivity contribution in [2.45, 2.75) is 19.8 Å². The third-order valence-corrected chi connectivity index (χ3v) is 4.43. The number of rotatable bonds is 5. The standard InChI is InChI=1S/C16H19N7O4/c1-10-4-6-22(7-5-10)12-3-2-11(8-13(12)23(25)26)9-18-19-16(24)14-15(17)21-27-20-14/h2-3,8-10H,4-7H2,1H3,(H2,17,21)(H,19,24). The first-order valence-corrected chi connectivity index (χ1v) is 8.40. The summed E-state index contributed by atoms with van der Waals surface area (Å²) < 4.78 is 4.33. The zero-order valence-corrected chi connectivity index (χ0v) is 14.7. The Bertz CT molecular complexity index is 871. The molecule has 0 aliphatic carbocycles. The average molecular weight is 373 g/mol. The molecule has 11 nitrogen and oxygen atoms in total. The van der Waals surface area contributed by atoms with Crippen LogP contribution < -0.4 is 16.1 Å². The van der Waals surface area contributed by atoms with Crippen molar-refractivity contribution in [3.63, 3.8) is 0 Å². The van der Waals surface area contributed by atoms with Crippen molar-refractivity contribution < 1.29 is 14.3 Å². The number of carbonyl (C=O) groups excluding carboxylic acids is 1. The van der Waals surface area contributed by atoms with E-state index in [-0.39, 0.29) is 17.2 Å². The maximum absolute atomic E-state index is 11.8. The van der Waals surface area contributed by atoms with Gasteiger partial charge in [0.2, 0.25) is 11.5 Å². The number of amides is 1. The van der Waals surface area contributed by atoms with E-state index < -0.39 is 10.8 Å². The molecule has 0 spiro atoms. The lowest BCUT2D eigenvalue weighted by atomic mass is 9.98. The Hall–Kier alpha value is -3.50. The highest BCUT2D eigenvalue weighted by atomic mass is 16.6. The van der Waals surface area contributed by atoms with E-state index in [9.17, 15) is 14.9 Å². The molecule has 1 aromatic heterocycles. The first-order valence-electron chi connectivity index (χ1n) is 8.40. The molecular formula is C16H19N7O4. The molecule has 1 saturated heterocycles. The Kier molecular flexibility index (Phi) is 5.29. The second-order valence-corrected chi connectivity index (χ2v) is 6.37. The number of carbonyl (C=O) groups is 1. The largest absolute Gasteiger partial charge is 0.379 e. The lowest BCUT2D eigenvalue weighted by Crippen LogP contribution is -2.33. The summed E-state index contributed by atoms with van der Waals surface area (Å²) in [5, 5.41) is 21.9. The molecule has 1 amide bonds. The Balaban J connectivity index is 1.73. The highest BCUT2D eigenvalue weighted by molar-refractivity contribution is 5.96. The third-order valence-electron chi connectivity index (χ3n) is 4.43. The predicted octanol–water partition coefficient (Wildman–Crippen LogP) is 1.56. The van der Waals surface area contributed by atoms with Crippen molar-refractivity contribution in [3.8, 4) is 0 Å². The summed E-state index contributed by atoms with van der Waals surface area (Å²) in [6.07, 6.45) is 3.32. The van der Waals surface area contributed by atoms with Crippen LogP contribution in [-0.4, -0.2) is 40.4 Å². The number of aromatic nitrogens is 2. The van der Waals surface area contributed by atoms with Gasteiger partial charge in [0, 0.05) is 24.7 Å². The molecule has 0 saturated carbocycles.